The van der Waals surface area contributed by atoms with E-state index in [1.165, 1.54) is 0 Å². The van der Waals surface area contributed by atoms with Gasteiger partial charge in [-0.15, -0.1) is 0 Å². The number of rotatable bonds is 6. The topological polar surface area (TPSA) is 169 Å². The van der Waals surface area contributed by atoms with E-state index in [-0.39, 0.29) is 40.6 Å². The molecule has 0 spiro atoms. The molecule has 0 aromatic carbocycles. The zero-order valence-electron chi connectivity index (χ0n) is 11.3. The van der Waals surface area contributed by atoms with Crippen molar-refractivity contribution < 1.29 is 46.9 Å². The summed E-state index contributed by atoms with van der Waals surface area (Å²) in [5.74, 6) is -6.98. The standard InChI is InChI=1S/C7H11O9P.Ca.2H/c1-2-3(17(14,15)16)7(4(8)9,5(10)11)6(12)13;;;/h3H,2H2,1H3,(H,8,9)(H,10,11)(H,12,13)(H2,14,15,16);;;/q;+2;2*-1. The van der Waals surface area contributed by atoms with Crippen LogP contribution in [0, 0.1) is 5.41 Å². The van der Waals surface area contributed by atoms with Gasteiger partial charge in [-0.25, -0.2) is 0 Å². The van der Waals surface area contributed by atoms with Crippen molar-refractivity contribution in [3.05, 3.63) is 0 Å². The van der Waals surface area contributed by atoms with Gasteiger partial charge in [-0.1, -0.05) is 6.92 Å². The van der Waals surface area contributed by atoms with Crippen LogP contribution in [0.5, 0.6) is 0 Å². The van der Waals surface area contributed by atoms with Gasteiger partial charge >= 0.3 is 63.2 Å². The van der Waals surface area contributed by atoms with Crippen molar-refractivity contribution >= 4 is 63.2 Å². The summed E-state index contributed by atoms with van der Waals surface area (Å²) in [6.07, 6.45) is -0.616. The SMILES string of the molecule is CCC(C(C(=O)O)(C(=O)O)C(=O)O)P(=O)(O)O.[Ca+2].[H-].[H-]. The molecular weight excluding hydrogens is 299 g/mol. The summed E-state index contributed by atoms with van der Waals surface area (Å²) in [5, 5.41) is 26.2. The molecule has 0 aliphatic rings. The largest absolute Gasteiger partial charge is 2.00 e. The molecule has 9 nitrogen and oxygen atoms in total. The Morgan fingerprint density at radius 2 is 1.39 bits per heavy atom. The van der Waals surface area contributed by atoms with E-state index in [4.69, 9.17) is 25.1 Å². The zero-order valence-corrected chi connectivity index (χ0v) is 12.4. The minimum Gasteiger partial charge on any atom is -1.00 e. The number of aliphatic carboxylic acids is 3. The molecule has 1 atom stereocenters. The molecule has 0 aromatic rings. The first-order valence-corrected chi connectivity index (χ1v) is 5.96. The molecule has 0 amide bonds. The normalized spacial score (nSPS) is 13.3. The quantitative estimate of drug-likeness (QED) is 0.235. The smallest absolute Gasteiger partial charge is 1.00 e. The molecule has 0 rings (SSSR count). The second-order valence-corrected chi connectivity index (χ2v) is 5.04. The van der Waals surface area contributed by atoms with E-state index >= 15 is 0 Å². The van der Waals surface area contributed by atoms with Crippen LogP contribution in [0.2, 0.25) is 0 Å². The molecule has 0 heterocycles. The minimum absolute atomic E-state index is 0. The molecule has 0 saturated carbocycles. The summed E-state index contributed by atoms with van der Waals surface area (Å²) in [6.45, 7) is 1.09. The Bertz CT molecular complexity index is 373. The monoisotopic (exact) mass is 312 g/mol. The van der Waals surface area contributed by atoms with Crippen molar-refractivity contribution in [3.8, 4) is 0 Å². The summed E-state index contributed by atoms with van der Waals surface area (Å²) in [7, 11) is -5.20. The van der Waals surface area contributed by atoms with Crippen molar-refractivity contribution in [1.82, 2.24) is 0 Å². The molecule has 11 heteroatoms. The molecule has 102 valence electrons. The molecule has 0 fully saturated rings. The van der Waals surface area contributed by atoms with Gasteiger partial charge in [-0.05, 0) is 6.42 Å². The van der Waals surface area contributed by atoms with E-state index in [9.17, 15) is 18.9 Å². The van der Waals surface area contributed by atoms with Crippen LogP contribution in [0.4, 0.5) is 0 Å². The maximum absolute atomic E-state index is 11.0. The fraction of sp³-hybridized carbons (Fsp3) is 0.571. The van der Waals surface area contributed by atoms with E-state index in [1.807, 2.05) is 0 Å². The second kappa shape index (κ2) is 6.83. The summed E-state index contributed by atoms with van der Waals surface area (Å²) in [6, 6.07) is 0. The van der Waals surface area contributed by atoms with Crippen LogP contribution in [-0.2, 0) is 18.9 Å². The fourth-order valence-corrected chi connectivity index (χ4v) is 2.81. The average molecular weight is 312 g/mol. The van der Waals surface area contributed by atoms with E-state index in [2.05, 4.69) is 0 Å². The first kappa shape index (κ1) is 20.1. The van der Waals surface area contributed by atoms with Crippen molar-refractivity contribution in [1.29, 1.82) is 0 Å². The first-order valence-electron chi connectivity index (χ1n) is 4.28. The summed E-state index contributed by atoms with van der Waals surface area (Å²) < 4.78 is 11.0. The van der Waals surface area contributed by atoms with Crippen molar-refractivity contribution in [3.63, 3.8) is 0 Å². The Hall–Kier alpha value is -0.180. The zero-order chi connectivity index (χ0) is 14.0. The molecule has 5 N–H and O–H groups in total. The van der Waals surface area contributed by atoms with Gasteiger partial charge in [0.05, 0.1) is 5.66 Å². The van der Waals surface area contributed by atoms with Crippen molar-refractivity contribution in [2.24, 2.45) is 5.41 Å². The van der Waals surface area contributed by atoms with Gasteiger partial charge < -0.3 is 28.0 Å². The first-order chi connectivity index (χ1) is 7.52. The minimum atomic E-state index is -5.20. The number of carboxylic acids is 3. The Morgan fingerprint density at radius 3 is 1.44 bits per heavy atom. The van der Waals surface area contributed by atoms with Crippen molar-refractivity contribution in [2.75, 3.05) is 0 Å². The van der Waals surface area contributed by atoms with Gasteiger partial charge in [0, 0.05) is 0 Å². The maximum atomic E-state index is 11.0. The van der Waals surface area contributed by atoms with Crippen LogP contribution in [-0.4, -0.2) is 86.4 Å². The van der Waals surface area contributed by atoms with Gasteiger partial charge in [-0.2, -0.15) is 0 Å². The molecule has 0 radical (unpaired) electrons. The second-order valence-electron chi connectivity index (χ2n) is 3.24. The van der Waals surface area contributed by atoms with Crippen LogP contribution in [0.15, 0.2) is 0 Å². The predicted molar refractivity (Wildman–Crippen MR) is 59.4 cm³/mol. The molecule has 0 saturated heterocycles. The van der Waals surface area contributed by atoms with Gasteiger partial charge in [-0.3, -0.25) is 18.9 Å². The van der Waals surface area contributed by atoms with Crippen LogP contribution < -0.4 is 0 Å². The molecule has 18 heavy (non-hydrogen) atoms. The van der Waals surface area contributed by atoms with Crippen LogP contribution in [0.25, 0.3) is 0 Å². The fourth-order valence-electron chi connectivity index (χ4n) is 1.50. The van der Waals surface area contributed by atoms with Crippen LogP contribution in [0.3, 0.4) is 0 Å². The van der Waals surface area contributed by atoms with Gasteiger partial charge in [0.2, 0.25) is 0 Å². The Kier molecular flexibility index (Phi) is 7.65. The molecule has 0 aromatic heterocycles. The van der Waals surface area contributed by atoms with Crippen molar-refractivity contribution in [2.45, 2.75) is 19.0 Å². The van der Waals surface area contributed by atoms with Gasteiger partial charge in [0.1, 0.15) is 0 Å². The van der Waals surface area contributed by atoms with E-state index in [0.29, 0.717) is 0 Å². The van der Waals surface area contributed by atoms with Gasteiger partial charge in [0.25, 0.3) is 5.41 Å². The van der Waals surface area contributed by atoms with E-state index in [1.54, 1.807) is 0 Å². The molecule has 0 bridgehead atoms. The number of carboxylic acid groups (broad SMARTS) is 3. The summed E-state index contributed by atoms with van der Waals surface area (Å²) >= 11 is 0. The van der Waals surface area contributed by atoms with E-state index < -0.39 is 43.0 Å². The number of hydrogen-bond donors (Lipinski definition) is 5. The third-order valence-electron chi connectivity index (χ3n) is 2.30. The molecule has 1 unspecified atom stereocenters. The molecule has 0 aliphatic carbocycles. The van der Waals surface area contributed by atoms with Crippen LogP contribution >= 0.6 is 7.60 Å². The maximum Gasteiger partial charge on any atom is 2.00 e. The summed E-state index contributed by atoms with van der Waals surface area (Å²) in [4.78, 5) is 50.3. The third kappa shape index (κ3) is 3.43. The molecule has 0 aliphatic heterocycles. The summed E-state index contributed by atoms with van der Waals surface area (Å²) in [5.41, 5.74) is -5.91. The van der Waals surface area contributed by atoms with Crippen LogP contribution in [0.1, 0.15) is 16.2 Å². The third-order valence-corrected chi connectivity index (χ3v) is 3.87. The average Bonchev–Trinajstić information content (AvgIpc) is 2.09. The number of carbonyl (C=O) groups is 3. The van der Waals surface area contributed by atoms with Gasteiger partial charge in [0.15, 0.2) is 0 Å². The van der Waals surface area contributed by atoms with E-state index in [0.717, 1.165) is 6.92 Å². The Morgan fingerprint density at radius 1 is 1.11 bits per heavy atom. The number of hydrogen-bond acceptors (Lipinski definition) is 4. The molecular formula is C7H13CaO9P. The predicted octanol–water partition coefficient (Wildman–Crippen LogP) is -0.973. The Labute approximate surface area is 134 Å². The Balaban J connectivity index is -0.000000427.